The predicted molar refractivity (Wildman–Crippen MR) is 84.6 cm³/mol. The molecule has 1 fully saturated rings. The summed E-state index contributed by atoms with van der Waals surface area (Å²) in [6.45, 7) is 2.09. The van der Waals surface area contributed by atoms with E-state index in [0.29, 0.717) is 13.2 Å². The molecule has 3 nitrogen and oxygen atoms in total. The van der Waals surface area contributed by atoms with Crippen LogP contribution in [0.25, 0.3) is 0 Å². The molecule has 1 atom stereocenters. The summed E-state index contributed by atoms with van der Waals surface area (Å²) in [5.41, 5.74) is 2.02. The number of hydrogen-bond donors (Lipinski definition) is 1. The van der Waals surface area contributed by atoms with Crippen molar-refractivity contribution in [2.45, 2.75) is 25.5 Å². The fraction of sp³-hybridized carbons (Fsp3) is 0.333. The van der Waals surface area contributed by atoms with Gasteiger partial charge in [-0.15, -0.1) is 0 Å². The zero-order valence-corrected chi connectivity index (χ0v) is 12.4. The second-order valence-corrected chi connectivity index (χ2v) is 5.45. The Kier molecular flexibility index (Phi) is 4.91. The van der Waals surface area contributed by atoms with Crippen LogP contribution in [0.5, 0.6) is 5.75 Å². The summed E-state index contributed by atoms with van der Waals surface area (Å²) in [4.78, 5) is 0. The standard InChI is InChI=1S/C18H20FNO2/c19-15-8-6-14(7-9-15)12-20-16-3-1-4-17(11-16)22-13-18-5-2-10-21-18/h1,3-4,6-9,11,18,20H,2,5,10,12-13H2/t18-/m0/s1. The molecule has 0 aromatic heterocycles. The molecule has 1 heterocycles. The highest BCUT2D eigenvalue weighted by atomic mass is 19.1. The molecule has 116 valence electrons. The Hall–Kier alpha value is -2.07. The van der Waals surface area contributed by atoms with E-state index in [-0.39, 0.29) is 11.9 Å². The summed E-state index contributed by atoms with van der Waals surface area (Å²) in [6.07, 6.45) is 2.41. The first-order valence-corrected chi connectivity index (χ1v) is 7.62. The molecule has 1 N–H and O–H groups in total. The van der Waals surface area contributed by atoms with Gasteiger partial charge in [0.2, 0.25) is 0 Å². The Balaban J connectivity index is 1.52. The van der Waals surface area contributed by atoms with E-state index in [0.717, 1.165) is 36.4 Å². The number of ether oxygens (including phenoxy) is 2. The summed E-state index contributed by atoms with van der Waals surface area (Å²) < 4.78 is 24.2. The number of halogens is 1. The molecule has 1 aliphatic heterocycles. The summed E-state index contributed by atoms with van der Waals surface area (Å²) in [6, 6.07) is 14.4. The van der Waals surface area contributed by atoms with E-state index in [1.54, 1.807) is 12.1 Å². The maximum atomic E-state index is 12.9. The molecule has 22 heavy (non-hydrogen) atoms. The van der Waals surface area contributed by atoms with Crippen LogP contribution in [0.4, 0.5) is 10.1 Å². The molecule has 0 spiro atoms. The molecule has 3 rings (SSSR count). The van der Waals surface area contributed by atoms with Gasteiger partial charge in [-0.25, -0.2) is 4.39 Å². The van der Waals surface area contributed by atoms with Crippen LogP contribution >= 0.6 is 0 Å². The lowest BCUT2D eigenvalue weighted by Crippen LogP contribution is -2.16. The van der Waals surface area contributed by atoms with Crippen molar-refractivity contribution in [3.63, 3.8) is 0 Å². The molecule has 1 aliphatic rings. The van der Waals surface area contributed by atoms with Crippen molar-refractivity contribution in [3.05, 3.63) is 59.9 Å². The molecule has 0 amide bonds. The van der Waals surface area contributed by atoms with Crippen molar-refractivity contribution >= 4 is 5.69 Å². The number of nitrogens with one attached hydrogen (secondary N) is 1. The minimum absolute atomic E-state index is 0.215. The van der Waals surface area contributed by atoms with E-state index in [2.05, 4.69) is 5.32 Å². The lowest BCUT2D eigenvalue weighted by atomic mass is 10.2. The monoisotopic (exact) mass is 301 g/mol. The third kappa shape index (κ3) is 4.21. The van der Waals surface area contributed by atoms with Crippen LogP contribution < -0.4 is 10.1 Å². The molecule has 2 aromatic rings. The summed E-state index contributed by atoms with van der Waals surface area (Å²) in [5.74, 6) is 0.618. The Bertz CT molecular complexity index is 594. The zero-order chi connectivity index (χ0) is 15.2. The van der Waals surface area contributed by atoms with Crippen molar-refractivity contribution in [1.82, 2.24) is 0 Å². The average Bonchev–Trinajstić information content (AvgIpc) is 3.06. The van der Waals surface area contributed by atoms with Crippen molar-refractivity contribution in [1.29, 1.82) is 0 Å². The second-order valence-electron chi connectivity index (χ2n) is 5.45. The van der Waals surface area contributed by atoms with Gasteiger partial charge in [-0.3, -0.25) is 0 Å². The van der Waals surface area contributed by atoms with Gasteiger partial charge in [0.05, 0.1) is 6.10 Å². The Morgan fingerprint density at radius 3 is 2.82 bits per heavy atom. The van der Waals surface area contributed by atoms with Gasteiger partial charge in [-0.05, 0) is 42.7 Å². The summed E-state index contributed by atoms with van der Waals surface area (Å²) >= 11 is 0. The van der Waals surface area contributed by atoms with Crippen LogP contribution in [0.3, 0.4) is 0 Å². The number of hydrogen-bond acceptors (Lipinski definition) is 3. The minimum atomic E-state index is -0.215. The quantitative estimate of drug-likeness (QED) is 0.875. The number of benzene rings is 2. The third-order valence-corrected chi connectivity index (χ3v) is 3.70. The normalized spacial score (nSPS) is 17.4. The van der Waals surface area contributed by atoms with Crippen LogP contribution in [0.1, 0.15) is 18.4 Å². The van der Waals surface area contributed by atoms with Crippen LogP contribution in [0.2, 0.25) is 0 Å². The molecule has 0 unspecified atom stereocenters. The summed E-state index contributed by atoms with van der Waals surface area (Å²) in [5, 5.41) is 3.32. The van der Waals surface area contributed by atoms with E-state index >= 15 is 0 Å². The van der Waals surface area contributed by atoms with Crippen LogP contribution in [0, 0.1) is 5.82 Å². The lowest BCUT2D eigenvalue weighted by Gasteiger charge is -2.13. The molecule has 4 heteroatoms. The molecular weight excluding hydrogens is 281 g/mol. The van der Waals surface area contributed by atoms with Crippen LogP contribution in [-0.2, 0) is 11.3 Å². The highest BCUT2D eigenvalue weighted by molar-refractivity contribution is 5.48. The van der Waals surface area contributed by atoms with E-state index in [1.807, 2.05) is 24.3 Å². The SMILES string of the molecule is Fc1ccc(CNc2cccc(OC[C@@H]3CCCO3)c2)cc1. The van der Waals surface area contributed by atoms with Crippen molar-refractivity contribution in [3.8, 4) is 5.75 Å². The maximum absolute atomic E-state index is 12.9. The third-order valence-electron chi connectivity index (χ3n) is 3.70. The lowest BCUT2D eigenvalue weighted by molar-refractivity contribution is 0.0680. The van der Waals surface area contributed by atoms with Crippen LogP contribution in [0.15, 0.2) is 48.5 Å². The fourth-order valence-electron chi connectivity index (χ4n) is 2.47. The predicted octanol–water partition coefficient (Wildman–Crippen LogP) is 4.00. The van der Waals surface area contributed by atoms with Gasteiger partial charge in [0.15, 0.2) is 0 Å². The first-order valence-electron chi connectivity index (χ1n) is 7.62. The van der Waals surface area contributed by atoms with Crippen molar-refractivity contribution < 1.29 is 13.9 Å². The minimum Gasteiger partial charge on any atom is -0.491 e. The van der Waals surface area contributed by atoms with Gasteiger partial charge in [0.1, 0.15) is 18.2 Å². The molecule has 1 saturated heterocycles. The smallest absolute Gasteiger partial charge is 0.123 e. The van der Waals surface area contributed by atoms with E-state index < -0.39 is 0 Å². The largest absolute Gasteiger partial charge is 0.491 e. The molecule has 0 bridgehead atoms. The van der Waals surface area contributed by atoms with Gasteiger partial charge in [-0.2, -0.15) is 0 Å². The first-order chi connectivity index (χ1) is 10.8. The topological polar surface area (TPSA) is 30.5 Å². The van der Waals surface area contributed by atoms with E-state index in [4.69, 9.17) is 9.47 Å². The Morgan fingerprint density at radius 2 is 2.05 bits per heavy atom. The van der Waals surface area contributed by atoms with Crippen molar-refractivity contribution in [2.75, 3.05) is 18.5 Å². The average molecular weight is 301 g/mol. The Morgan fingerprint density at radius 1 is 1.18 bits per heavy atom. The molecule has 0 aliphatic carbocycles. The maximum Gasteiger partial charge on any atom is 0.123 e. The van der Waals surface area contributed by atoms with Gasteiger partial charge in [0.25, 0.3) is 0 Å². The van der Waals surface area contributed by atoms with Gasteiger partial charge in [-0.1, -0.05) is 18.2 Å². The molecular formula is C18H20FNO2. The fourth-order valence-corrected chi connectivity index (χ4v) is 2.47. The van der Waals surface area contributed by atoms with Gasteiger partial charge >= 0.3 is 0 Å². The Labute approximate surface area is 130 Å². The number of anilines is 1. The van der Waals surface area contributed by atoms with Crippen molar-refractivity contribution in [2.24, 2.45) is 0 Å². The van der Waals surface area contributed by atoms with Gasteiger partial charge < -0.3 is 14.8 Å². The van der Waals surface area contributed by atoms with Gasteiger partial charge in [0, 0.05) is 24.9 Å². The second kappa shape index (κ2) is 7.27. The number of rotatable bonds is 6. The molecule has 0 saturated carbocycles. The highest BCUT2D eigenvalue weighted by Crippen LogP contribution is 2.20. The molecule has 0 radical (unpaired) electrons. The summed E-state index contributed by atoms with van der Waals surface area (Å²) in [7, 11) is 0. The highest BCUT2D eigenvalue weighted by Gasteiger charge is 2.15. The van der Waals surface area contributed by atoms with E-state index in [1.165, 1.54) is 12.1 Å². The van der Waals surface area contributed by atoms with Crippen LogP contribution in [-0.4, -0.2) is 19.3 Å². The first kappa shape index (κ1) is 14.9. The molecule has 2 aromatic carbocycles. The zero-order valence-electron chi connectivity index (χ0n) is 12.4. The van der Waals surface area contributed by atoms with E-state index in [9.17, 15) is 4.39 Å².